The van der Waals surface area contributed by atoms with E-state index in [4.69, 9.17) is 11.6 Å². The standard InChI is InChI=1S/C21H19ClN4O2S/c1-13-7-9-16(10-8-13)23-18(27)20-25-24-19(29-20)17-6-3-11-26(17)21(28)14-4-2-5-15(22)12-14/h2,4-5,7-10,12,17H,3,6,11H2,1H3,(H,23,27)/t17-/m0/s1. The molecule has 2 heterocycles. The van der Waals surface area contributed by atoms with Gasteiger partial charge >= 0.3 is 0 Å². The lowest BCUT2D eigenvalue weighted by molar-refractivity contribution is 0.0735. The Bertz CT molecular complexity index is 1050. The Kier molecular flexibility index (Phi) is 5.60. The van der Waals surface area contributed by atoms with Gasteiger partial charge in [0.05, 0.1) is 6.04 Å². The van der Waals surface area contributed by atoms with Gasteiger partial charge in [0.15, 0.2) is 0 Å². The van der Waals surface area contributed by atoms with Crippen molar-refractivity contribution in [3.63, 3.8) is 0 Å². The van der Waals surface area contributed by atoms with Crippen LogP contribution in [0.5, 0.6) is 0 Å². The first-order valence-electron chi connectivity index (χ1n) is 9.29. The maximum atomic E-state index is 12.9. The van der Waals surface area contributed by atoms with Crippen molar-refractivity contribution in [3.05, 3.63) is 74.7 Å². The van der Waals surface area contributed by atoms with Gasteiger partial charge in [0.1, 0.15) is 5.01 Å². The fourth-order valence-electron chi connectivity index (χ4n) is 3.34. The molecular formula is C21H19ClN4O2S. The molecule has 0 aliphatic carbocycles. The molecular weight excluding hydrogens is 408 g/mol. The van der Waals surface area contributed by atoms with Crippen LogP contribution in [0.3, 0.4) is 0 Å². The summed E-state index contributed by atoms with van der Waals surface area (Å²) in [5.74, 6) is -0.390. The molecule has 0 bridgehead atoms. The van der Waals surface area contributed by atoms with E-state index < -0.39 is 0 Å². The average molecular weight is 427 g/mol. The van der Waals surface area contributed by atoms with Crippen LogP contribution in [0.15, 0.2) is 48.5 Å². The number of nitrogens with one attached hydrogen (secondary N) is 1. The average Bonchev–Trinajstić information content (AvgIpc) is 3.38. The number of rotatable bonds is 4. The summed E-state index contributed by atoms with van der Waals surface area (Å²) in [6.45, 7) is 2.63. The summed E-state index contributed by atoms with van der Waals surface area (Å²) in [7, 11) is 0. The second kappa shape index (κ2) is 8.31. The van der Waals surface area contributed by atoms with E-state index in [2.05, 4.69) is 15.5 Å². The molecule has 0 spiro atoms. The van der Waals surface area contributed by atoms with Gasteiger partial charge in [0, 0.05) is 22.8 Å². The Morgan fingerprint density at radius 3 is 2.72 bits per heavy atom. The van der Waals surface area contributed by atoms with Crippen LogP contribution in [-0.4, -0.2) is 33.5 Å². The minimum atomic E-state index is -0.302. The fourth-order valence-corrected chi connectivity index (χ4v) is 4.41. The van der Waals surface area contributed by atoms with Crippen molar-refractivity contribution in [3.8, 4) is 0 Å². The number of likely N-dealkylation sites (tertiary alicyclic amines) is 1. The number of aromatic nitrogens is 2. The van der Waals surface area contributed by atoms with Gasteiger partial charge in [-0.15, -0.1) is 10.2 Å². The highest BCUT2D eigenvalue weighted by Crippen LogP contribution is 2.35. The van der Waals surface area contributed by atoms with E-state index >= 15 is 0 Å². The SMILES string of the molecule is Cc1ccc(NC(=O)c2nnc([C@@H]3CCCN3C(=O)c3cccc(Cl)c3)s2)cc1. The van der Waals surface area contributed by atoms with Crippen molar-refractivity contribution in [1.29, 1.82) is 0 Å². The maximum absolute atomic E-state index is 12.9. The number of nitrogens with zero attached hydrogens (tertiary/aromatic N) is 3. The Hall–Kier alpha value is -2.77. The minimum absolute atomic E-state index is 0.0872. The zero-order valence-corrected chi connectivity index (χ0v) is 17.3. The van der Waals surface area contributed by atoms with Crippen LogP contribution in [-0.2, 0) is 0 Å². The van der Waals surface area contributed by atoms with Crippen molar-refractivity contribution >= 4 is 40.4 Å². The van der Waals surface area contributed by atoms with Gasteiger partial charge in [-0.3, -0.25) is 9.59 Å². The lowest BCUT2D eigenvalue weighted by Gasteiger charge is -2.22. The van der Waals surface area contributed by atoms with Gasteiger partial charge in [-0.25, -0.2) is 0 Å². The third-order valence-corrected chi connectivity index (χ3v) is 6.07. The summed E-state index contributed by atoms with van der Waals surface area (Å²) in [4.78, 5) is 27.2. The van der Waals surface area contributed by atoms with Gasteiger partial charge in [0.2, 0.25) is 5.01 Å². The van der Waals surface area contributed by atoms with Gasteiger partial charge in [-0.2, -0.15) is 0 Å². The van der Waals surface area contributed by atoms with E-state index in [-0.39, 0.29) is 22.9 Å². The molecule has 1 N–H and O–H groups in total. The van der Waals surface area contributed by atoms with E-state index in [0.717, 1.165) is 18.4 Å². The number of carbonyl (C=O) groups is 2. The Morgan fingerprint density at radius 1 is 1.17 bits per heavy atom. The summed E-state index contributed by atoms with van der Waals surface area (Å²) in [6, 6.07) is 14.3. The number of carbonyl (C=O) groups excluding carboxylic acids is 2. The first-order valence-corrected chi connectivity index (χ1v) is 10.5. The Morgan fingerprint density at radius 2 is 1.97 bits per heavy atom. The van der Waals surface area contributed by atoms with Crippen molar-refractivity contribution < 1.29 is 9.59 Å². The van der Waals surface area contributed by atoms with E-state index in [9.17, 15) is 9.59 Å². The molecule has 1 saturated heterocycles. The van der Waals surface area contributed by atoms with E-state index in [1.165, 1.54) is 11.3 Å². The van der Waals surface area contributed by atoms with Gasteiger partial charge in [-0.1, -0.05) is 46.7 Å². The minimum Gasteiger partial charge on any atom is -0.329 e. The molecule has 148 valence electrons. The molecule has 4 rings (SSSR count). The molecule has 1 fully saturated rings. The van der Waals surface area contributed by atoms with Crippen LogP contribution in [0.25, 0.3) is 0 Å². The third-order valence-electron chi connectivity index (χ3n) is 4.81. The Balaban J connectivity index is 1.49. The number of anilines is 1. The molecule has 1 aliphatic heterocycles. The van der Waals surface area contributed by atoms with Crippen molar-refractivity contribution in [1.82, 2.24) is 15.1 Å². The van der Waals surface area contributed by atoms with Crippen LogP contribution < -0.4 is 5.32 Å². The summed E-state index contributed by atoms with van der Waals surface area (Å²) in [5.41, 5.74) is 2.37. The monoisotopic (exact) mass is 426 g/mol. The first kappa shape index (κ1) is 19.5. The number of hydrogen-bond donors (Lipinski definition) is 1. The molecule has 6 nitrogen and oxygen atoms in total. The summed E-state index contributed by atoms with van der Waals surface area (Å²) >= 11 is 7.25. The van der Waals surface area contributed by atoms with Gasteiger partial charge < -0.3 is 10.2 Å². The molecule has 1 aromatic heterocycles. The molecule has 0 radical (unpaired) electrons. The number of amides is 2. The molecule has 0 unspecified atom stereocenters. The maximum Gasteiger partial charge on any atom is 0.286 e. The second-order valence-electron chi connectivity index (χ2n) is 6.93. The van der Waals surface area contributed by atoms with Gasteiger partial charge in [0.25, 0.3) is 11.8 Å². The van der Waals surface area contributed by atoms with E-state index in [0.29, 0.717) is 27.8 Å². The molecule has 2 amide bonds. The molecule has 29 heavy (non-hydrogen) atoms. The quantitative estimate of drug-likeness (QED) is 0.654. The van der Waals surface area contributed by atoms with E-state index in [1.54, 1.807) is 29.2 Å². The molecule has 1 atom stereocenters. The fraction of sp³-hybridized carbons (Fsp3) is 0.238. The van der Waals surface area contributed by atoms with Crippen molar-refractivity contribution in [2.75, 3.05) is 11.9 Å². The molecule has 1 aliphatic rings. The summed E-state index contributed by atoms with van der Waals surface area (Å²) < 4.78 is 0. The first-order chi connectivity index (χ1) is 14.0. The topological polar surface area (TPSA) is 75.2 Å². The molecule has 8 heteroatoms. The lowest BCUT2D eigenvalue weighted by atomic mass is 10.1. The number of hydrogen-bond acceptors (Lipinski definition) is 5. The molecule has 0 saturated carbocycles. The van der Waals surface area contributed by atoms with Crippen LogP contribution in [0.1, 0.15) is 49.6 Å². The highest BCUT2D eigenvalue weighted by atomic mass is 35.5. The molecule has 2 aromatic carbocycles. The highest BCUT2D eigenvalue weighted by Gasteiger charge is 2.33. The normalized spacial score (nSPS) is 16.1. The van der Waals surface area contributed by atoms with Gasteiger partial charge in [-0.05, 0) is 50.1 Å². The number of halogens is 1. The van der Waals surface area contributed by atoms with Crippen LogP contribution >= 0.6 is 22.9 Å². The van der Waals surface area contributed by atoms with Crippen LogP contribution in [0.4, 0.5) is 5.69 Å². The van der Waals surface area contributed by atoms with E-state index in [1.807, 2.05) is 31.2 Å². The zero-order chi connectivity index (χ0) is 20.4. The summed E-state index contributed by atoms with van der Waals surface area (Å²) in [6.07, 6.45) is 1.67. The molecule has 3 aromatic rings. The zero-order valence-electron chi connectivity index (χ0n) is 15.8. The predicted octanol–water partition coefficient (Wildman–Crippen LogP) is 4.73. The Labute approximate surface area is 177 Å². The number of benzene rings is 2. The second-order valence-corrected chi connectivity index (χ2v) is 8.38. The number of aryl methyl sites for hydroxylation is 1. The summed E-state index contributed by atoms with van der Waals surface area (Å²) in [5, 5.41) is 12.6. The smallest absolute Gasteiger partial charge is 0.286 e. The van der Waals surface area contributed by atoms with Crippen LogP contribution in [0.2, 0.25) is 5.02 Å². The van der Waals surface area contributed by atoms with Crippen molar-refractivity contribution in [2.24, 2.45) is 0 Å². The van der Waals surface area contributed by atoms with Crippen molar-refractivity contribution in [2.45, 2.75) is 25.8 Å². The third kappa shape index (κ3) is 4.31. The highest BCUT2D eigenvalue weighted by molar-refractivity contribution is 7.13. The lowest BCUT2D eigenvalue weighted by Crippen LogP contribution is -2.30. The largest absolute Gasteiger partial charge is 0.329 e. The van der Waals surface area contributed by atoms with Crippen LogP contribution in [0, 0.1) is 6.92 Å². The predicted molar refractivity (Wildman–Crippen MR) is 114 cm³/mol.